The molecule has 0 atom stereocenters. The number of carbonyl (C=O) groups is 1. The number of aryl methyl sites for hydroxylation is 1. The summed E-state index contributed by atoms with van der Waals surface area (Å²) in [4.78, 5) is 47.2. The molecule has 0 aliphatic carbocycles. The summed E-state index contributed by atoms with van der Waals surface area (Å²) in [7, 11) is 1.59. The van der Waals surface area contributed by atoms with Gasteiger partial charge in [-0.2, -0.15) is 4.98 Å². The van der Waals surface area contributed by atoms with Crippen molar-refractivity contribution < 1.29 is 4.79 Å². The van der Waals surface area contributed by atoms with E-state index in [0.29, 0.717) is 49.8 Å². The minimum absolute atomic E-state index is 0.0489. The molecule has 30 heavy (non-hydrogen) atoms. The minimum Gasteiger partial charge on any atom is -0.339 e. The third-order valence-corrected chi connectivity index (χ3v) is 5.39. The highest BCUT2D eigenvalue weighted by molar-refractivity contribution is 5.75. The Hall–Kier alpha value is -3.62. The van der Waals surface area contributed by atoms with Crippen LogP contribution in [-0.4, -0.2) is 56.1 Å². The molecule has 1 fully saturated rings. The lowest BCUT2D eigenvalue weighted by atomic mass is 10.2. The lowest BCUT2D eigenvalue weighted by Crippen LogP contribution is -2.48. The van der Waals surface area contributed by atoms with Crippen LogP contribution < -0.4 is 16.1 Å². The summed E-state index contributed by atoms with van der Waals surface area (Å²) in [6.45, 7) is 4.39. The lowest BCUT2D eigenvalue weighted by molar-refractivity contribution is -0.129. The number of amides is 1. The zero-order valence-electron chi connectivity index (χ0n) is 17.0. The van der Waals surface area contributed by atoms with Crippen molar-refractivity contribution in [1.82, 2.24) is 24.0 Å². The molecule has 1 saturated heterocycles. The van der Waals surface area contributed by atoms with Gasteiger partial charge in [0, 0.05) is 46.7 Å². The number of aromatic nitrogens is 4. The first kappa shape index (κ1) is 19.7. The summed E-state index contributed by atoms with van der Waals surface area (Å²) in [5.41, 5.74) is 0.812. The number of fused-ring (bicyclic) bond motifs is 1. The van der Waals surface area contributed by atoms with Crippen LogP contribution in [0.1, 0.15) is 12.5 Å². The summed E-state index contributed by atoms with van der Waals surface area (Å²) >= 11 is 0. The Morgan fingerprint density at radius 1 is 1.13 bits per heavy atom. The number of piperazine rings is 1. The maximum Gasteiger partial charge on any atom is 0.329 e. The maximum atomic E-state index is 12.6. The van der Waals surface area contributed by atoms with Gasteiger partial charge in [-0.1, -0.05) is 42.5 Å². The molecule has 1 N–H and O–H groups in total. The van der Waals surface area contributed by atoms with E-state index in [4.69, 9.17) is 0 Å². The number of anilines is 1. The summed E-state index contributed by atoms with van der Waals surface area (Å²) < 4.78 is 3.18. The highest BCUT2D eigenvalue weighted by Crippen LogP contribution is 2.21. The van der Waals surface area contributed by atoms with Crippen molar-refractivity contribution in [1.29, 1.82) is 0 Å². The van der Waals surface area contributed by atoms with Crippen molar-refractivity contribution in [2.75, 3.05) is 31.1 Å². The molecule has 0 bridgehead atoms. The monoisotopic (exact) mass is 408 g/mol. The van der Waals surface area contributed by atoms with Crippen molar-refractivity contribution in [2.24, 2.45) is 7.05 Å². The molecule has 3 aromatic rings. The van der Waals surface area contributed by atoms with E-state index in [1.165, 1.54) is 4.57 Å². The van der Waals surface area contributed by atoms with E-state index in [1.54, 1.807) is 18.9 Å². The van der Waals surface area contributed by atoms with Gasteiger partial charge in [-0.3, -0.25) is 19.1 Å². The van der Waals surface area contributed by atoms with Crippen LogP contribution in [0.25, 0.3) is 17.2 Å². The van der Waals surface area contributed by atoms with E-state index in [0.717, 1.165) is 5.56 Å². The zero-order valence-corrected chi connectivity index (χ0v) is 17.0. The van der Waals surface area contributed by atoms with Gasteiger partial charge < -0.3 is 14.4 Å². The second-order valence-corrected chi connectivity index (χ2v) is 7.32. The molecule has 4 rings (SSSR count). The molecular weight excluding hydrogens is 384 g/mol. The van der Waals surface area contributed by atoms with Gasteiger partial charge in [0.1, 0.15) is 0 Å². The Kier molecular flexibility index (Phi) is 5.26. The van der Waals surface area contributed by atoms with Gasteiger partial charge in [0.2, 0.25) is 11.9 Å². The minimum atomic E-state index is -0.495. The summed E-state index contributed by atoms with van der Waals surface area (Å²) in [6, 6.07) is 9.89. The van der Waals surface area contributed by atoms with Gasteiger partial charge in [-0.25, -0.2) is 4.79 Å². The molecule has 3 heterocycles. The van der Waals surface area contributed by atoms with Gasteiger partial charge in [-0.05, 0) is 5.56 Å². The van der Waals surface area contributed by atoms with E-state index >= 15 is 0 Å². The molecule has 9 heteroatoms. The fraction of sp³-hybridized carbons (Fsp3) is 0.333. The van der Waals surface area contributed by atoms with Gasteiger partial charge in [-0.15, -0.1) is 0 Å². The molecule has 1 aliphatic heterocycles. The lowest BCUT2D eigenvalue weighted by Gasteiger charge is -2.34. The molecule has 1 aromatic carbocycles. The second-order valence-electron chi connectivity index (χ2n) is 7.32. The van der Waals surface area contributed by atoms with Crippen LogP contribution >= 0.6 is 0 Å². The predicted octanol–water partition coefficient (Wildman–Crippen LogP) is 0.805. The van der Waals surface area contributed by atoms with Gasteiger partial charge in [0.15, 0.2) is 11.2 Å². The van der Waals surface area contributed by atoms with E-state index in [1.807, 2.05) is 47.1 Å². The maximum absolute atomic E-state index is 12.6. The van der Waals surface area contributed by atoms with Gasteiger partial charge >= 0.3 is 5.69 Å². The Bertz CT molecular complexity index is 1210. The molecular formula is C21H24N6O3. The molecule has 156 valence electrons. The van der Waals surface area contributed by atoms with Crippen molar-refractivity contribution in [3.63, 3.8) is 0 Å². The Balaban J connectivity index is 1.74. The first-order valence-corrected chi connectivity index (χ1v) is 9.87. The van der Waals surface area contributed by atoms with Crippen molar-refractivity contribution >= 4 is 29.1 Å². The van der Waals surface area contributed by atoms with Crippen LogP contribution in [0.15, 0.2) is 46.0 Å². The fourth-order valence-electron chi connectivity index (χ4n) is 3.72. The van der Waals surface area contributed by atoms with E-state index in [-0.39, 0.29) is 5.91 Å². The third-order valence-electron chi connectivity index (χ3n) is 5.39. The average molecular weight is 408 g/mol. The van der Waals surface area contributed by atoms with E-state index in [2.05, 4.69) is 14.9 Å². The average Bonchev–Trinajstić information content (AvgIpc) is 3.13. The molecule has 0 spiro atoms. The van der Waals surface area contributed by atoms with Crippen LogP contribution in [0.2, 0.25) is 0 Å². The number of imidazole rings is 1. The number of aromatic amines is 1. The highest BCUT2D eigenvalue weighted by Gasteiger charge is 2.25. The number of allylic oxidation sites excluding steroid dienone is 1. The predicted molar refractivity (Wildman–Crippen MR) is 116 cm³/mol. The number of hydrogen-bond donors (Lipinski definition) is 1. The number of hydrogen-bond acceptors (Lipinski definition) is 5. The highest BCUT2D eigenvalue weighted by atomic mass is 16.2. The molecule has 2 aromatic heterocycles. The smallest absolute Gasteiger partial charge is 0.329 e. The van der Waals surface area contributed by atoms with Crippen LogP contribution in [0, 0.1) is 0 Å². The van der Waals surface area contributed by atoms with Crippen LogP contribution in [-0.2, 0) is 18.4 Å². The Labute approximate surface area is 172 Å². The first-order valence-electron chi connectivity index (χ1n) is 9.87. The van der Waals surface area contributed by atoms with Gasteiger partial charge in [0.25, 0.3) is 5.56 Å². The summed E-state index contributed by atoms with van der Waals surface area (Å²) in [5.74, 6) is 0.672. The number of carbonyl (C=O) groups excluding carboxylic acids is 1. The molecule has 1 aliphatic rings. The third kappa shape index (κ3) is 3.66. The normalized spacial score (nSPS) is 14.7. The summed E-state index contributed by atoms with van der Waals surface area (Å²) in [6.07, 6.45) is 3.95. The SMILES string of the molecule is CC(=O)N1CCN(c2nc3c(c(=O)[nH]c(=O)n3C)n2C/C=C/c2ccccc2)CC1. The van der Waals surface area contributed by atoms with Crippen LogP contribution in [0.3, 0.4) is 0 Å². The molecule has 1 amide bonds. The van der Waals surface area contributed by atoms with Crippen molar-refractivity contribution in [3.8, 4) is 0 Å². The van der Waals surface area contributed by atoms with Crippen molar-refractivity contribution in [3.05, 3.63) is 62.8 Å². The fourth-order valence-corrected chi connectivity index (χ4v) is 3.72. The number of benzene rings is 1. The molecule has 0 saturated carbocycles. The zero-order chi connectivity index (χ0) is 21.3. The summed E-state index contributed by atoms with van der Waals surface area (Å²) in [5, 5.41) is 0. The van der Waals surface area contributed by atoms with E-state index in [9.17, 15) is 14.4 Å². The second kappa shape index (κ2) is 8.02. The van der Waals surface area contributed by atoms with Crippen LogP contribution in [0.4, 0.5) is 5.95 Å². The van der Waals surface area contributed by atoms with Crippen LogP contribution in [0.5, 0.6) is 0 Å². The largest absolute Gasteiger partial charge is 0.339 e. The number of nitrogens with zero attached hydrogens (tertiary/aromatic N) is 5. The Morgan fingerprint density at radius 3 is 2.50 bits per heavy atom. The number of nitrogens with one attached hydrogen (secondary N) is 1. The van der Waals surface area contributed by atoms with Crippen molar-refractivity contribution in [2.45, 2.75) is 13.5 Å². The first-order chi connectivity index (χ1) is 14.5. The standard InChI is InChI=1S/C21H24N6O3/c1-15(28)25-11-13-26(14-12-25)20-22-18-17(19(29)23-21(30)24(18)2)27(20)10-6-9-16-7-4-3-5-8-16/h3-9H,10-14H2,1-2H3,(H,23,29,30)/b9-6+. The van der Waals surface area contributed by atoms with Gasteiger partial charge in [0.05, 0.1) is 0 Å². The quantitative estimate of drug-likeness (QED) is 0.689. The molecule has 0 radical (unpaired) electrons. The molecule has 9 nitrogen and oxygen atoms in total. The number of rotatable bonds is 4. The Morgan fingerprint density at radius 2 is 1.83 bits per heavy atom. The molecule has 0 unspecified atom stereocenters. The number of H-pyrrole nitrogens is 1. The topological polar surface area (TPSA) is 96.2 Å². The van der Waals surface area contributed by atoms with E-state index < -0.39 is 11.2 Å².